The molecule has 0 atom stereocenters. The lowest BCUT2D eigenvalue weighted by Crippen LogP contribution is -1.99. The molecular weight excluding hydrogens is 224 g/mol. The van der Waals surface area contributed by atoms with E-state index >= 15 is 0 Å². The molecule has 1 rings (SSSR count). The second-order valence-corrected chi connectivity index (χ2v) is 4.89. The van der Waals surface area contributed by atoms with Crippen LogP contribution < -0.4 is 4.74 Å². The number of ether oxygens (including phenoxy) is 1. The van der Waals surface area contributed by atoms with Crippen LogP contribution in [0, 0.1) is 13.8 Å². The first-order valence-electron chi connectivity index (χ1n) is 6.74. The zero-order valence-corrected chi connectivity index (χ0v) is 12.0. The Morgan fingerprint density at radius 1 is 1.17 bits per heavy atom. The topological polar surface area (TPSA) is 26.3 Å². The summed E-state index contributed by atoms with van der Waals surface area (Å²) >= 11 is 0. The molecule has 2 nitrogen and oxygen atoms in total. The number of rotatable bonds is 7. The zero-order valence-electron chi connectivity index (χ0n) is 12.0. The molecular formula is C16H24O2. The molecule has 0 aliphatic heterocycles. The van der Waals surface area contributed by atoms with Crippen molar-refractivity contribution < 1.29 is 9.53 Å². The van der Waals surface area contributed by atoms with Crippen molar-refractivity contribution in [3.63, 3.8) is 0 Å². The van der Waals surface area contributed by atoms with Gasteiger partial charge in [-0.2, -0.15) is 0 Å². The number of Topliss-reactive ketones (excluding diaryl/α,β-unsaturated/α-hetero) is 1. The van der Waals surface area contributed by atoms with Crippen LogP contribution in [0.2, 0.25) is 0 Å². The summed E-state index contributed by atoms with van der Waals surface area (Å²) in [6.07, 6.45) is 4.32. The summed E-state index contributed by atoms with van der Waals surface area (Å²) in [4.78, 5) is 11.5. The van der Waals surface area contributed by atoms with Crippen LogP contribution in [-0.4, -0.2) is 12.9 Å². The van der Waals surface area contributed by atoms with Gasteiger partial charge in [0.1, 0.15) is 11.5 Å². The Balaban J connectivity index is 2.57. The van der Waals surface area contributed by atoms with E-state index in [-0.39, 0.29) is 0 Å². The predicted molar refractivity (Wildman–Crippen MR) is 75.3 cm³/mol. The third-order valence-corrected chi connectivity index (χ3v) is 3.28. The first kappa shape index (κ1) is 14.7. The number of ketones is 1. The monoisotopic (exact) mass is 248 g/mol. The largest absolute Gasteiger partial charge is 0.496 e. The van der Waals surface area contributed by atoms with Gasteiger partial charge in [0.2, 0.25) is 0 Å². The molecule has 100 valence electrons. The number of hydrogen-bond donors (Lipinski definition) is 0. The highest BCUT2D eigenvalue weighted by Gasteiger charge is 2.06. The fourth-order valence-corrected chi connectivity index (χ4v) is 2.22. The third kappa shape index (κ3) is 4.17. The molecule has 0 N–H and O–H groups in total. The van der Waals surface area contributed by atoms with Crippen molar-refractivity contribution in [3.05, 3.63) is 28.8 Å². The lowest BCUT2D eigenvalue weighted by Gasteiger charge is -2.11. The van der Waals surface area contributed by atoms with E-state index in [0.29, 0.717) is 12.2 Å². The van der Waals surface area contributed by atoms with Gasteiger partial charge in [-0.3, -0.25) is 4.79 Å². The Morgan fingerprint density at radius 3 is 2.50 bits per heavy atom. The van der Waals surface area contributed by atoms with Crippen molar-refractivity contribution in [1.82, 2.24) is 0 Å². The SMILES string of the molecule is CCCC(=O)CCCc1cc(C)c(OC)cc1C. The first-order valence-corrected chi connectivity index (χ1v) is 6.74. The standard InChI is InChI=1S/C16H24O2/c1-5-7-15(17)9-6-8-14-10-13(3)16(18-4)11-12(14)2/h10-11H,5-9H2,1-4H3. The van der Waals surface area contributed by atoms with Crippen LogP contribution in [0.1, 0.15) is 49.3 Å². The minimum Gasteiger partial charge on any atom is -0.496 e. The lowest BCUT2D eigenvalue weighted by atomic mass is 9.98. The van der Waals surface area contributed by atoms with E-state index in [1.54, 1.807) is 7.11 Å². The van der Waals surface area contributed by atoms with Gasteiger partial charge in [-0.25, -0.2) is 0 Å². The maximum absolute atomic E-state index is 11.5. The highest BCUT2D eigenvalue weighted by Crippen LogP contribution is 2.23. The maximum atomic E-state index is 11.5. The van der Waals surface area contributed by atoms with E-state index in [1.165, 1.54) is 11.1 Å². The van der Waals surface area contributed by atoms with Gasteiger partial charge >= 0.3 is 0 Å². The molecule has 0 aliphatic carbocycles. The van der Waals surface area contributed by atoms with E-state index < -0.39 is 0 Å². The fourth-order valence-electron chi connectivity index (χ4n) is 2.22. The van der Waals surface area contributed by atoms with E-state index in [0.717, 1.165) is 37.0 Å². The number of carbonyl (C=O) groups is 1. The molecule has 0 bridgehead atoms. The van der Waals surface area contributed by atoms with E-state index in [4.69, 9.17) is 4.74 Å². The Morgan fingerprint density at radius 2 is 1.89 bits per heavy atom. The van der Waals surface area contributed by atoms with E-state index in [1.807, 2.05) is 0 Å². The van der Waals surface area contributed by atoms with Crippen LogP contribution in [0.25, 0.3) is 0 Å². The summed E-state index contributed by atoms with van der Waals surface area (Å²) in [7, 11) is 1.70. The Hall–Kier alpha value is -1.31. The number of methoxy groups -OCH3 is 1. The van der Waals surface area contributed by atoms with Gasteiger partial charge in [-0.05, 0) is 55.9 Å². The Bertz CT molecular complexity index is 408. The van der Waals surface area contributed by atoms with Gasteiger partial charge in [0.15, 0.2) is 0 Å². The molecule has 0 heterocycles. The van der Waals surface area contributed by atoms with Crippen molar-refractivity contribution in [3.8, 4) is 5.75 Å². The van der Waals surface area contributed by atoms with Crippen molar-refractivity contribution in [2.45, 2.75) is 52.9 Å². The van der Waals surface area contributed by atoms with Crippen LogP contribution in [0.3, 0.4) is 0 Å². The minimum atomic E-state index is 0.389. The Labute approximate surface area is 110 Å². The summed E-state index contributed by atoms with van der Waals surface area (Å²) in [5.74, 6) is 1.33. The third-order valence-electron chi connectivity index (χ3n) is 3.28. The summed E-state index contributed by atoms with van der Waals surface area (Å²) < 4.78 is 5.30. The highest BCUT2D eigenvalue weighted by atomic mass is 16.5. The highest BCUT2D eigenvalue weighted by molar-refractivity contribution is 5.78. The van der Waals surface area contributed by atoms with Crippen molar-refractivity contribution >= 4 is 5.78 Å². The normalized spacial score (nSPS) is 10.4. The minimum absolute atomic E-state index is 0.389. The van der Waals surface area contributed by atoms with Crippen LogP contribution in [0.15, 0.2) is 12.1 Å². The van der Waals surface area contributed by atoms with Crippen LogP contribution in [0.5, 0.6) is 5.75 Å². The number of carbonyl (C=O) groups excluding carboxylic acids is 1. The zero-order chi connectivity index (χ0) is 13.5. The summed E-state index contributed by atoms with van der Waals surface area (Å²) in [5.41, 5.74) is 3.75. The van der Waals surface area contributed by atoms with Gasteiger partial charge in [-0.15, -0.1) is 0 Å². The molecule has 0 unspecified atom stereocenters. The fraction of sp³-hybridized carbons (Fsp3) is 0.562. The summed E-state index contributed by atoms with van der Waals surface area (Å²) in [6.45, 7) is 6.21. The molecule has 1 aromatic rings. The molecule has 0 saturated heterocycles. The second-order valence-electron chi connectivity index (χ2n) is 4.89. The average molecular weight is 248 g/mol. The molecule has 1 aromatic carbocycles. The van der Waals surface area contributed by atoms with Crippen molar-refractivity contribution in [2.75, 3.05) is 7.11 Å². The molecule has 0 fully saturated rings. The smallest absolute Gasteiger partial charge is 0.132 e. The molecule has 2 heteroatoms. The van der Waals surface area contributed by atoms with Gasteiger partial charge in [0, 0.05) is 12.8 Å². The molecule has 0 saturated carbocycles. The number of hydrogen-bond acceptors (Lipinski definition) is 2. The predicted octanol–water partition coefficient (Wildman–Crippen LogP) is 4.00. The van der Waals surface area contributed by atoms with Crippen LogP contribution in [0.4, 0.5) is 0 Å². The molecule has 18 heavy (non-hydrogen) atoms. The molecule has 0 amide bonds. The molecule has 0 aromatic heterocycles. The van der Waals surface area contributed by atoms with Crippen molar-refractivity contribution in [2.24, 2.45) is 0 Å². The average Bonchev–Trinajstić information content (AvgIpc) is 2.33. The Kier molecular flexibility index (Phi) is 5.90. The second kappa shape index (κ2) is 7.20. The maximum Gasteiger partial charge on any atom is 0.132 e. The molecule has 0 spiro atoms. The van der Waals surface area contributed by atoms with Crippen molar-refractivity contribution in [1.29, 1.82) is 0 Å². The summed E-state index contributed by atoms with van der Waals surface area (Å²) in [6, 6.07) is 4.26. The van der Waals surface area contributed by atoms with Gasteiger partial charge in [0.25, 0.3) is 0 Å². The van der Waals surface area contributed by atoms with Gasteiger partial charge < -0.3 is 4.74 Å². The molecule has 0 aliphatic rings. The van der Waals surface area contributed by atoms with Gasteiger partial charge in [0.05, 0.1) is 7.11 Å². The number of aryl methyl sites for hydroxylation is 3. The van der Waals surface area contributed by atoms with E-state index in [9.17, 15) is 4.79 Å². The lowest BCUT2D eigenvalue weighted by molar-refractivity contribution is -0.119. The quantitative estimate of drug-likeness (QED) is 0.729. The number of benzene rings is 1. The van der Waals surface area contributed by atoms with Crippen LogP contribution in [-0.2, 0) is 11.2 Å². The van der Waals surface area contributed by atoms with Gasteiger partial charge in [-0.1, -0.05) is 13.0 Å². The molecule has 0 radical (unpaired) electrons. The van der Waals surface area contributed by atoms with Crippen LogP contribution >= 0.6 is 0 Å². The summed E-state index contributed by atoms with van der Waals surface area (Å²) in [5, 5.41) is 0. The first-order chi connectivity index (χ1) is 8.58. The van der Waals surface area contributed by atoms with E-state index in [2.05, 4.69) is 32.9 Å².